The van der Waals surface area contributed by atoms with Crippen molar-refractivity contribution in [3.05, 3.63) is 0 Å². The summed E-state index contributed by atoms with van der Waals surface area (Å²) in [5.41, 5.74) is 5.44. The summed E-state index contributed by atoms with van der Waals surface area (Å²) < 4.78 is 34.3. The van der Waals surface area contributed by atoms with E-state index in [0.29, 0.717) is 25.7 Å². The van der Waals surface area contributed by atoms with Gasteiger partial charge in [-0.2, -0.15) is 0 Å². The van der Waals surface area contributed by atoms with Crippen LogP contribution in [0.4, 0.5) is 0 Å². The molecule has 9 atom stereocenters. The van der Waals surface area contributed by atoms with Crippen molar-refractivity contribution in [2.45, 2.75) is 308 Å². The maximum atomic E-state index is 14.0. The summed E-state index contributed by atoms with van der Waals surface area (Å²) in [5, 5.41) is 19.4. The average Bonchev–Trinajstić information content (AvgIpc) is 3.39. The number of carbonyl (C=O) groups is 8. The molecule has 4 amide bonds. The Balaban J connectivity index is 3.29. The summed E-state index contributed by atoms with van der Waals surface area (Å²) in [4.78, 5) is 103. The van der Waals surface area contributed by atoms with Crippen LogP contribution in [-0.2, 0) is 66.8 Å². The third-order valence-corrected chi connectivity index (χ3v) is 14.0. The van der Waals surface area contributed by atoms with Gasteiger partial charge in [0.05, 0.1) is 13.5 Å². The molecule has 0 radical (unpaired) electrons. The van der Waals surface area contributed by atoms with E-state index in [1.807, 2.05) is 0 Å². The second-order valence-corrected chi connectivity index (χ2v) is 21.1. The fourth-order valence-electron chi connectivity index (χ4n) is 9.25. The van der Waals surface area contributed by atoms with Gasteiger partial charge in [-0.15, -0.1) is 0 Å². The van der Waals surface area contributed by atoms with Gasteiger partial charge in [0.2, 0.25) is 29.9 Å². The number of hydrogen-bond donors (Lipinski definition) is 5. The number of hydrogen-bond acceptors (Lipinski definition) is 15. The van der Waals surface area contributed by atoms with Crippen molar-refractivity contribution in [3.8, 4) is 0 Å². The van der Waals surface area contributed by atoms with E-state index in [1.54, 1.807) is 0 Å². The van der Waals surface area contributed by atoms with Crippen LogP contribution in [-0.4, -0.2) is 121 Å². The maximum Gasteiger partial charge on any atom is 0.311 e. The first kappa shape index (κ1) is 70.7. The van der Waals surface area contributed by atoms with Crippen molar-refractivity contribution in [2.24, 2.45) is 5.73 Å². The molecule has 19 heteroatoms. The first-order valence-electron chi connectivity index (χ1n) is 29.7. The molecule has 77 heavy (non-hydrogen) atoms. The van der Waals surface area contributed by atoms with Gasteiger partial charge in [0.15, 0.2) is 0 Å². The van der Waals surface area contributed by atoms with Crippen LogP contribution in [0.3, 0.4) is 0 Å². The quantitative estimate of drug-likeness (QED) is 0.0216. The summed E-state index contributed by atoms with van der Waals surface area (Å²) in [6.07, 6.45) is 20.6. The molecule has 19 nitrogen and oxygen atoms in total. The van der Waals surface area contributed by atoms with Crippen molar-refractivity contribution < 1.29 is 71.9 Å². The highest BCUT2D eigenvalue weighted by molar-refractivity contribution is 5.92. The number of carbonyl (C=O) groups excluding carboxylic acids is 8. The number of esters is 4. The minimum Gasteiger partial charge on any atom is -0.469 e. The van der Waals surface area contributed by atoms with Gasteiger partial charge in [-0.05, 0) is 46.0 Å². The van der Waals surface area contributed by atoms with Gasteiger partial charge in [-0.3, -0.25) is 38.4 Å². The predicted molar refractivity (Wildman–Crippen MR) is 294 cm³/mol. The van der Waals surface area contributed by atoms with E-state index in [-0.39, 0.29) is 32.1 Å². The lowest BCUT2D eigenvalue weighted by atomic mass is 9.96. The summed E-state index contributed by atoms with van der Waals surface area (Å²) in [6, 6.07) is -3.93. The largest absolute Gasteiger partial charge is 0.469 e. The number of nitrogens with one attached hydrogen (secondary N) is 3. The molecule has 0 aliphatic carbocycles. The summed E-state index contributed by atoms with van der Waals surface area (Å²) in [5.74, 6) is -5.58. The van der Waals surface area contributed by atoms with Crippen molar-refractivity contribution in [2.75, 3.05) is 13.7 Å². The van der Waals surface area contributed by atoms with E-state index < -0.39 is 109 Å². The molecule has 1 saturated heterocycles. The van der Waals surface area contributed by atoms with Gasteiger partial charge < -0.3 is 55.2 Å². The van der Waals surface area contributed by atoms with E-state index in [2.05, 4.69) is 41.5 Å². The van der Waals surface area contributed by atoms with Crippen molar-refractivity contribution >= 4 is 47.5 Å². The number of rotatable bonds is 47. The number of methoxy groups -OCH3 is 1. The highest BCUT2D eigenvalue weighted by Crippen LogP contribution is 2.28. The molecular formula is C58H104N4O15. The molecule has 1 fully saturated rings. The standard InChI is InChI=1S/C58H104N4O15/c1-8-11-14-17-20-22-23-25-28-31-34-37-50(66)75-45(35-32-29-27-24-21-18-15-12-9-2)40-51(67)77-58-52(61-44(6)63)54(53(68)47(76-58)41-73-49(65)36-33-30-26-19-16-13-10-3)74-43(5)57(71)60-42(4)56(70)62-46(55(59)69)38-39-48(64)72-7/h42-43,45-47,52-54,58,68H,8-41H2,1-7H3,(H2,59,69)(H,60,71)(H,61,63)(H,62,70)/t42-,43+,45+,46+,47+,52+,53+,54+,58+/m0/s1. The Morgan fingerprint density at radius 3 is 1.55 bits per heavy atom. The molecule has 0 aromatic rings. The van der Waals surface area contributed by atoms with Gasteiger partial charge in [0.1, 0.15) is 55.3 Å². The second kappa shape index (κ2) is 44.5. The van der Waals surface area contributed by atoms with Crippen molar-refractivity contribution in [1.82, 2.24) is 16.0 Å². The summed E-state index contributed by atoms with van der Waals surface area (Å²) in [6.45, 7) is 9.91. The van der Waals surface area contributed by atoms with Crippen LogP contribution in [0, 0.1) is 0 Å². The number of primary amides is 1. The molecule has 0 spiro atoms. The van der Waals surface area contributed by atoms with Gasteiger partial charge in [0, 0.05) is 26.2 Å². The van der Waals surface area contributed by atoms with E-state index in [0.717, 1.165) is 83.5 Å². The first-order chi connectivity index (χ1) is 37.0. The fraction of sp³-hybridized carbons (Fsp3) is 0.862. The molecule has 1 rings (SSSR count). The SMILES string of the molecule is CCCCCCCCCCCCCC(=O)O[C@H](CCCCCCCCCCC)CC(=O)O[C@H]1O[C@H](COC(=O)CCCCCCCCC)[C@@H](O)[C@H](O[C@H](C)C(=O)N[C@@H](C)C(=O)N[C@H](CCC(=O)OC)C(N)=O)[C@H]1NC(C)=O. The zero-order valence-electron chi connectivity index (χ0n) is 48.5. The predicted octanol–water partition coefficient (Wildman–Crippen LogP) is 8.93. The number of amides is 4. The summed E-state index contributed by atoms with van der Waals surface area (Å²) >= 11 is 0. The van der Waals surface area contributed by atoms with Gasteiger partial charge in [-0.1, -0.05) is 175 Å². The van der Waals surface area contributed by atoms with Crippen LogP contribution in [0.15, 0.2) is 0 Å². The molecule has 0 unspecified atom stereocenters. The minimum atomic E-state index is -1.67. The van der Waals surface area contributed by atoms with Crippen molar-refractivity contribution in [3.63, 3.8) is 0 Å². The number of aliphatic hydroxyl groups excluding tert-OH is 1. The van der Waals surface area contributed by atoms with Crippen molar-refractivity contribution in [1.29, 1.82) is 0 Å². The number of ether oxygens (including phenoxy) is 6. The molecule has 446 valence electrons. The lowest BCUT2D eigenvalue weighted by molar-refractivity contribution is -0.275. The topological polar surface area (TPSA) is 274 Å². The van der Waals surface area contributed by atoms with Crippen LogP contribution in [0.25, 0.3) is 0 Å². The second-order valence-electron chi connectivity index (χ2n) is 21.1. The Kier molecular flexibility index (Phi) is 40.8. The monoisotopic (exact) mass is 1100 g/mol. The Hall–Kier alpha value is -4.36. The smallest absolute Gasteiger partial charge is 0.311 e. The molecule has 0 aromatic carbocycles. The molecular weight excluding hydrogens is 993 g/mol. The summed E-state index contributed by atoms with van der Waals surface area (Å²) in [7, 11) is 1.18. The van der Waals surface area contributed by atoms with Gasteiger partial charge in [-0.25, -0.2) is 0 Å². The molecule has 6 N–H and O–H groups in total. The van der Waals surface area contributed by atoms with Crippen LogP contribution in [0.1, 0.15) is 253 Å². The zero-order valence-corrected chi connectivity index (χ0v) is 48.5. The van der Waals surface area contributed by atoms with E-state index in [9.17, 15) is 43.5 Å². The minimum absolute atomic E-state index is 0.121. The molecule has 0 aromatic heterocycles. The first-order valence-corrected chi connectivity index (χ1v) is 29.7. The highest BCUT2D eigenvalue weighted by Gasteiger charge is 2.50. The number of nitrogens with two attached hydrogens (primary N) is 1. The molecule has 1 aliphatic heterocycles. The lowest BCUT2D eigenvalue weighted by Gasteiger charge is -2.44. The Morgan fingerprint density at radius 2 is 1.06 bits per heavy atom. The molecule has 1 aliphatic rings. The van der Waals surface area contributed by atoms with E-state index >= 15 is 0 Å². The Bertz CT molecular complexity index is 1670. The third-order valence-electron chi connectivity index (χ3n) is 14.0. The molecule has 0 saturated carbocycles. The van der Waals surface area contributed by atoms with Crippen LogP contribution < -0.4 is 21.7 Å². The lowest BCUT2D eigenvalue weighted by Crippen LogP contribution is -2.66. The average molecular weight is 1100 g/mol. The number of aliphatic hydroxyl groups is 1. The number of unbranched alkanes of at least 4 members (excludes halogenated alkanes) is 24. The van der Waals surface area contributed by atoms with E-state index in [4.69, 9.17) is 29.4 Å². The Morgan fingerprint density at radius 1 is 0.584 bits per heavy atom. The molecule has 0 bridgehead atoms. The third kappa shape index (κ3) is 34.3. The maximum absolute atomic E-state index is 14.0. The van der Waals surface area contributed by atoms with Crippen LogP contribution in [0.5, 0.6) is 0 Å². The fourth-order valence-corrected chi connectivity index (χ4v) is 9.25. The highest BCUT2D eigenvalue weighted by atomic mass is 16.7. The van der Waals surface area contributed by atoms with Gasteiger partial charge in [0.25, 0.3) is 0 Å². The van der Waals surface area contributed by atoms with Gasteiger partial charge >= 0.3 is 23.9 Å². The van der Waals surface area contributed by atoms with E-state index in [1.165, 1.54) is 98.5 Å². The van der Waals surface area contributed by atoms with Crippen LogP contribution in [0.2, 0.25) is 0 Å². The Labute approximate surface area is 461 Å². The normalized spacial score (nSPS) is 18.7. The zero-order chi connectivity index (χ0) is 57.2. The molecule has 1 heterocycles. The van der Waals surface area contributed by atoms with Crippen LogP contribution >= 0.6 is 0 Å².